The number of carbonyl (C=O) groups is 2. The van der Waals surface area contributed by atoms with Crippen LogP contribution in [-0.2, 0) is 16.1 Å². The van der Waals surface area contributed by atoms with Gasteiger partial charge in [0.2, 0.25) is 6.79 Å². The highest BCUT2D eigenvalue weighted by Crippen LogP contribution is 2.32. The van der Waals surface area contributed by atoms with E-state index in [1.807, 2.05) is 0 Å². The Hall–Kier alpha value is -3.22. The Morgan fingerprint density at radius 1 is 1.04 bits per heavy atom. The van der Waals surface area contributed by atoms with Crippen molar-refractivity contribution in [2.75, 3.05) is 12.1 Å². The van der Waals surface area contributed by atoms with Gasteiger partial charge in [-0.05, 0) is 29.8 Å². The molecule has 0 atom stereocenters. The van der Waals surface area contributed by atoms with Crippen LogP contribution in [0.15, 0.2) is 42.5 Å². The van der Waals surface area contributed by atoms with Gasteiger partial charge in [0.1, 0.15) is 5.75 Å². The first-order valence-electron chi connectivity index (χ1n) is 6.88. The molecule has 1 heterocycles. The van der Waals surface area contributed by atoms with E-state index in [2.05, 4.69) is 10.6 Å². The Kier molecular flexibility index (Phi) is 4.01. The molecule has 0 saturated carbocycles. The number of phenols is 1. The molecule has 3 rings (SSSR count). The number of aromatic hydroxyl groups is 1. The van der Waals surface area contributed by atoms with Gasteiger partial charge in [0.05, 0.1) is 0 Å². The van der Waals surface area contributed by atoms with E-state index >= 15 is 0 Å². The van der Waals surface area contributed by atoms with Gasteiger partial charge in [-0.2, -0.15) is 0 Å². The fraction of sp³-hybridized carbons (Fsp3) is 0.125. The van der Waals surface area contributed by atoms with Crippen LogP contribution < -0.4 is 20.1 Å². The SMILES string of the molecule is O=C(NCc1ccc2c(c1)OCO2)C(=O)Nc1cccc(O)c1. The Balaban J connectivity index is 1.55. The standard InChI is InChI=1S/C16H14N2O5/c19-12-3-1-2-11(7-12)18-16(21)15(20)17-8-10-4-5-13-14(6-10)23-9-22-13/h1-7,19H,8-9H2,(H,17,20)(H,18,21). The Morgan fingerprint density at radius 3 is 2.70 bits per heavy atom. The second-order valence-electron chi connectivity index (χ2n) is 4.87. The minimum atomic E-state index is -0.809. The number of fused-ring (bicyclic) bond motifs is 1. The fourth-order valence-electron chi connectivity index (χ4n) is 2.09. The smallest absolute Gasteiger partial charge is 0.313 e. The van der Waals surface area contributed by atoms with E-state index in [-0.39, 0.29) is 19.1 Å². The number of phenolic OH excluding ortho intramolecular Hbond substituents is 1. The van der Waals surface area contributed by atoms with Crippen molar-refractivity contribution in [3.63, 3.8) is 0 Å². The maximum atomic E-state index is 11.8. The van der Waals surface area contributed by atoms with Gasteiger partial charge in [-0.15, -0.1) is 0 Å². The summed E-state index contributed by atoms with van der Waals surface area (Å²) in [4.78, 5) is 23.6. The Labute approximate surface area is 131 Å². The second kappa shape index (κ2) is 6.27. The lowest BCUT2D eigenvalue weighted by Gasteiger charge is -2.07. The van der Waals surface area contributed by atoms with Gasteiger partial charge in [-0.1, -0.05) is 12.1 Å². The molecule has 23 heavy (non-hydrogen) atoms. The molecule has 0 radical (unpaired) electrons. The van der Waals surface area contributed by atoms with E-state index in [4.69, 9.17) is 9.47 Å². The number of anilines is 1. The van der Waals surface area contributed by atoms with Crippen molar-refractivity contribution in [1.29, 1.82) is 0 Å². The first-order chi connectivity index (χ1) is 11.1. The maximum absolute atomic E-state index is 11.8. The predicted molar refractivity (Wildman–Crippen MR) is 81.1 cm³/mol. The largest absolute Gasteiger partial charge is 0.508 e. The molecule has 0 unspecified atom stereocenters. The van der Waals surface area contributed by atoms with Crippen LogP contribution >= 0.6 is 0 Å². The summed E-state index contributed by atoms with van der Waals surface area (Å²) in [5.41, 5.74) is 1.13. The normalized spacial score (nSPS) is 11.8. The van der Waals surface area contributed by atoms with Gasteiger partial charge < -0.3 is 25.2 Å². The molecule has 0 aromatic heterocycles. The van der Waals surface area contributed by atoms with Crippen molar-refractivity contribution in [2.24, 2.45) is 0 Å². The molecule has 7 heteroatoms. The Bertz CT molecular complexity index is 760. The number of hydrogen-bond donors (Lipinski definition) is 3. The quantitative estimate of drug-likeness (QED) is 0.744. The van der Waals surface area contributed by atoms with E-state index in [1.54, 1.807) is 30.3 Å². The van der Waals surface area contributed by atoms with Crippen LogP contribution in [0.25, 0.3) is 0 Å². The molecular formula is C16H14N2O5. The molecule has 1 aliphatic heterocycles. The zero-order valence-electron chi connectivity index (χ0n) is 12.0. The molecule has 2 aromatic carbocycles. The third kappa shape index (κ3) is 3.52. The molecule has 0 saturated heterocycles. The summed E-state index contributed by atoms with van der Waals surface area (Å²) >= 11 is 0. The molecule has 118 valence electrons. The molecular weight excluding hydrogens is 300 g/mol. The number of hydrogen-bond acceptors (Lipinski definition) is 5. The van der Waals surface area contributed by atoms with E-state index < -0.39 is 11.8 Å². The molecule has 3 N–H and O–H groups in total. The third-order valence-corrected chi connectivity index (χ3v) is 3.20. The highest BCUT2D eigenvalue weighted by atomic mass is 16.7. The minimum Gasteiger partial charge on any atom is -0.508 e. The lowest BCUT2D eigenvalue weighted by Crippen LogP contribution is -2.34. The lowest BCUT2D eigenvalue weighted by molar-refractivity contribution is -0.136. The van der Waals surface area contributed by atoms with Gasteiger partial charge in [0.15, 0.2) is 11.5 Å². The van der Waals surface area contributed by atoms with Crippen LogP contribution in [0.3, 0.4) is 0 Å². The van der Waals surface area contributed by atoms with Crippen LogP contribution in [0.2, 0.25) is 0 Å². The summed E-state index contributed by atoms with van der Waals surface area (Å²) < 4.78 is 10.4. The molecule has 2 amide bonds. The second-order valence-corrected chi connectivity index (χ2v) is 4.87. The Morgan fingerprint density at radius 2 is 1.87 bits per heavy atom. The van der Waals surface area contributed by atoms with Crippen molar-refractivity contribution in [1.82, 2.24) is 5.32 Å². The zero-order chi connectivity index (χ0) is 16.2. The van der Waals surface area contributed by atoms with Gasteiger partial charge >= 0.3 is 11.8 Å². The number of ether oxygens (including phenoxy) is 2. The third-order valence-electron chi connectivity index (χ3n) is 3.20. The van der Waals surface area contributed by atoms with Crippen molar-refractivity contribution in [3.8, 4) is 17.2 Å². The fourth-order valence-corrected chi connectivity index (χ4v) is 2.09. The summed E-state index contributed by atoms with van der Waals surface area (Å²) in [6.45, 7) is 0.362. The first kappa shape index (κ1) is 14.7. The molecule has 0 bridgehead atoms. The van der Waals surface area contributed by atoms with Crippen LogP contribution in [-0.4, -0.2) is 23.7 Å². The number of rotatable bonds is 3. The molecule has 0 spiro atoms. The summed E-state index contributed by atoms with van der Waals surface area (Å²) in [5.74, 6) is -0.311. The number of amides is 2. The van der Waals surface area contributed by atoms with Crippen LogP contribution in [0.5, 0.6) is 17.2 Å². The number of benzene rings is 2. The van der Waals surface area contributed by atoms with Crippen molar-refractivity contribution in [3.05, 3.63) is 48.0 Å². The van der Waals surface area contributed by atoms with Crippen molar-refractivity contribution < 1.29 is 24.2 Å². The molecule has 0 fully saturated rings. The van der Waals surface area contributed by atoms with Crippen LogP contribution in [0, 0.1) is 0 Å². The summed E-state index contributed by atoms with van der Waals surface area (Å²) in [5, 5.41) is 14.2. The summed E-state index contributed by atoms with van der Waals surface area (Å²) in [6.07, 6.45) is 0. The van der Waals surface area contributed by atoms with Crippen LogP contribution in [0.1, 0.15) is 5.56 Å². The van der Waals surface area contributed by atoms with Crippen LogP contribution in [0.4, 0.5) is 5.69 Å². The van der Waals surface area contributed by atoms with Gasteiger partial charge in [-0.3, -0.25) is 9.59 Å². The van der Waals surface area contributed by atoms with E-state index in [1.165, 1.54) is 12.1 Å². The highest BCUT2D eigenvalue weighted by Gasteiger charge is 2.16. The summed E-state index contributed by atoms with van der Waals surface area (Å²) in [7, 11) is 0. The molecule has 0 aliphatic carbocycles. The molecule has 7 nitrogen and oxygen atoms in total. The monoisotopic (exact) mass is 314 g/mol. The lowest BCUT2D eigenvalue weighted by atomic mass is 10.2. The molecule has 1 aliphatic rings. The number of carbonyl (C=O) groups excluding carboxylic acids is 2. The van der Waals surface area contributed by atoms with Crippen molar-refractivity contribution >= 4 is 17.5 Å². The average Bonchev–Trinajstić information content (AvgIpc) is 3.00. The predicted octanol–water partition coefficient (Wildman–Crippen LogP) is 1.38. The minimum absolute atomic E-state index is 0.00330. The topological polar surface area (TPSA) is 96.9 Å². The summed E-state index contributed by atoms with van der Waals surface area (Å²) in [6, 6.07) is 11.2. The first-order valence-corrected chi connectivity index (χ1v) is 6.88. The highest BCUT2D eigenvalue weighted by molar-refractivity contribution is 6.39. The van der Waals surface area contributed by atoms with Gasteiger partial charge in [-0.25, -0.2) is 0 Å². The van der Waals surface area contributed by atoms with E-state index in [9.17, 15) is 14.7 Å². The maximum Gasteiger partial charge on any atom is 0.313 e. The van der Waals surface area contributed by atoms with Crippen molar-refractivity contribution in [2.45, 2.75) is 6.54 Å². The zero-order valence-corrected chi connectivity index (χ0v) is 12.0. The van der Waals surface area contributed by atoms with Gasteiger partial charge in [0, 0.05) is 18.3 Å². The molecule has 2 aromatic rings. The van der Waals surface area contributed by atoms with E-state index in [0.29, 0.717) is 17.2 Å². The number of nitrogens with one attached hydrogen (secondary N) is 2. The van der Waals surface area contributed by atoms with Gasteiger partial charge in [0.25, 0.3) is 0 Å². The van der Waals surface area contributed by atoms with E-state index in [0.717, 1.165) is 5.56 Å². The average molecular weight is 314 g/mol.